The average Bonchev–Trinajstić information content (AvgIpc) is 3.14. The molecule has 154 valence electrons. The van der Waals surface area contributed by atoms with Gasteiger partial charge >= 0.3 is 6.18 Å². The molecule has 2 heterocycles. The first kappa shape index (κ1) is 20.0. The third-order valence-electron chi connectivity index (χ3n) is 4.57. The van der Waals surface area contributed by atoms with Crippen LogP contribution in [0.3, 0.4) is 0 Å². The molecule has 2 aromatic carbocycles. The molecule has 5 nitrogen and oxygen atoms in total. The molecule has 0 unspecified atom stereocenters. The molecule has 0 radical (unpaired) electrons. The second kappa shape index (κ2) is 7.52. The smallest absolute Gasteiger partial charge is 0.435 e. The highest BCUT2D eigenvalue weighted by molar-refractivity contribution is 7.12. The van der Waals surface area contributed by atoms with Gasteiger partial charge < -0.3 is 5.11 Å². The highest BCUT2D eigenvalue weighted by Gasteiger charge is 2.38. The summed E-state index contributed by atoms with van der Waals surface area (Å²) in [4.78, 5) is 17.1. The Morgan fingerprint density at radius 1 is 1.07 bits per heavy atom. The zero-order chi connectivity index (χ0) is 21.5. The van der Waals surface area contributed by atoms with Gasteiger partial charge in [0.05, 0.1) is 5.56 Å². The van der Waals surface area contributed by atoms with Crippen LogP contribution in [0.2, 0.25) is 0 Å². The van der Waals surface area contributed by atoms with Gasteiger partial charge in [0.1, 0.15) is 22.8 Å². The zero-order valence-corrected chi connectivity index (χ0v) is 16.0. The Hall–Kier alpha value is -3.27. The summed E-state index contributed by atoms with van der Waals surface area (Å²) in [5.41, 5.74) is -1.78. The molecule has 10 heteroatoms. The Labute approximate surface area is 171 Å². The summed E-state index contributed by atoms with van der Waals surface area (Å²) in [6.45, 7) is -0.139. The number of halogens is 4. The van der Waals surface area contributed by atoms with Gasteiger partial charge in [-0.15, -0.1) is 0 Å². The number of hydrogen-bond donors (Lipinski definition) is 1. The first-order valence-electron chi connectivity index (χ1n) is 8.76. The van der Waals surface area contributed by atoms with Crippen LogP contribution in [0.1, 0.15) is 11.3 Å². The highest BCUT2D eigenvalue weighted by Crippen LogP contribution is 2.35. The molecule has 0 saturated heterocycles. The molecule has 1 N–H and O–H groups in total. The van der Waals surface area contributed by atoms with E-state index in [-0.39, 0.29) is 34.9 Å². The van der Waals surface area contributed by atoms with Crippen LogP contribution in [-0.4, -0.2) is 19.0 Å². The third-order valence-corrected chi connectivity index (χ3v) is 5.31. The number of aromatic nitrogens is 3. The van der Waals surface area contributed by atoms with Gasteiger partial charge in [0, 0.05) is 6.54 Å². The molecule has 0 aliphatic heterocycles. The molecule has 2 aromatic heterocycles. The van der Waals surface area contributed by atoms with Crippen molar-refractivity contribution in [2.45, 2.75) is 19.1 Å². The molecule has 30 heavy (non-hydrogen) atoms. The number of benzene rings is 2. The van der Waals surface area contributed by atoms with E-state index < -0.39 is 28.6 Å². The van der Waals surface area contributed by atoms with Crippen molar-refractivity contribution in [2.24, 2.45) is 0 Å². The summed E-state index contributed by atoms with van der Waals surface area (Å²) >= 11 is 0.459. The van der Waals surface area contributed by atoms with E-state index in [9.17, 15) is 27.5 Å². The fraction of sp³-hybridized carbons (Fsp3) is 0.150. The van der Waals surface area contributed by atoms with Crippen LogP contribution >= 0.6 is 11.5 Å². The summed E-state index contributed by atoms with van der Waals surface area (Å²) in [7, 11) is 0. The Bertz CT molecular complexity index is 1300. The molecule has 0 spiro atoms. The van der Waals surface area contributed by atoms with Crippen LogP contribution in [0.15, 0.2) is 53.3 Å². The minimum atomic E-state index is -4.82. The number of aryl methyl sites for hydroxylation is 1. The van der Waals surface area contributed by atoms with E-state index in [1.807, 2.05) is 0 Å². The fourth-order valence-electron chi connectivity index (χ4n) is 3.14. The highest BCUT2D eigenvalue weighted by atomic mass is 32.1. The Balaban J connectivity index is 1.93. The van der Waals surface area contributed by atoms with Crippen LogP contribution in [0.25, 0.3) is 21.6 Å². The first-order valence-corrected chi connectivity index (χ1v) is 9.54. The fourth-order valence-corrected chi connectivity index (χ4v) is 3.92. The molecule has 0 aliphatic rings. The van der Waals surface area contributed by atoms with Crippen LogP contribution in [0, 0.1) is 5.82 Å². The lowest BCUT2D eigenvalue weighted by atomic mass is 10.1. The monoisotopic (exact) mass is 435 g/mol. The lowest BCUT2D eigenvalue weighted by Crippen LogP contribution is -2.26. The largest absolute Gasteiger partial charge is 0.507 e. The summed E-state index contributed by atoms with van der Waals surface area (Å²) in [6.07, 6.45) is -4.78. The van der Waals surface area contributed by atoms with Crippen LogP contribution < -0.4 is 5.56 Å². The van der Waals surface area contributed by atoms with Gasteiger partial charge in [0.25, 0.3) is 5.56 Å². The van der Waals surface area contributed by atoms with Crippen LogP contribution in [-0.2, 0) is 19.1 Å². The second-order valence-corrected chi connectivity index (χ2v) is 7.21. The number of alkyl halides is 3. The van der Waals surface area contributed by atoms with E-state index in [1.54, 1.807) is 18.2 Å². The summed E-state index contributed by atoms with van der Waals surface area (Å²) in [6, 6.07) is 12.0. The number of para-hydroxylation sites is 1. The van der Waals surface area contributed by atoms with Crippen molar-refractivity contribution in [1.29, 1.82) is 0 Å². The maximum Gasteiger partial charge on any atom is 0.435 e. The molecular formula is C20H13F4N3O2S. The molecule has 4 aromatic rings. The molecular weight excluding hydrogens is 422 g/mol. The number of rotatable bonds is 4. The van der Waals surface area contributed by atoms with E-state index in [0.29, 0.717) is 17.1 Å². The van der Waals surface area contributed by atoms with Crippen molar-refractivity contribution in [3.63, 3.8) is 0 Å². The molecule has 4 rings (SSSR count). The summed E-state index contributed by atoms with van der Waals surface area (Å²) in [5.74, 6) is -0.694. The number of hydrogen-bond acceptors (Lipinski definition) is 5. The van der Waals surface area contributed by atoms with Crippen molar-refractivity contribution in [3.05, 3.63) is 76.0 Å². The number of phenols is 1. The molecule has 0 bridgehead atoms. The number of nitrogens with zero attached hydrogens (tertiary/aromatic N) is 3. The van der Waals surface area contributed by atoms with E-state index >= 15 is 0 Å². The van der Waals surface area contributed by atoms with Gasteiger partial charge in [0.2, 0.25) is 0 Å². The quantitative estimate of drug-likeness (QED) is 0.475. The van der Waals surface area contributed by atoms with Gasteiger partial charge in [-0.2, -0.15) is 17.5 Å². The Kier molecular flexibility index (Phi) is 5.02. The van der Waals surface area contributed by atoms with Crippen molar-refractivity contribution in [3.8, 4) is 17.1 Å². The van der Waals surface area contributed by atoms with Crippen molar-refractivity contribution in [1.82, 2.24) is 13.9 Å². The lowest BCUT2D eigenvalue weighted by molar-refractivity contribution is -0.139. The molecule has 0 atom stereocenters. The molecule has 0 fully saturated rings. The summed E-state index contributed by atoms with van der Waals surface area (Å²) in [5, 5.41) is 9.57. The van der Waals surface area contributed by atoms with Gasteiger partial charge in [0.15, 0.2) is 10.5 Å². The second-order valence-electron chi connectivity index (χ2n) is 6.46. The van der Waals surface area contributed by atoms with Gasteiger partial charge in [-0.3, -0.25) is 9.36 Å². The Morgan fingerprint density at radius 2 is 1.77 bits per heavy atom. The van der Waals surface area contributed by atoms with E-state index in [0.717, 1.165) is 4.57 Å². The van der Waals surface area contributed by atoms with Crippen LogP contribution in [0.4, 0.5) is 17.6 Å². The first-order chi connectivity index (χ1) is 14.3. The number of phenolic OH excluding ortho intramolecular Hbond substituents is 1. The van der Waals surface area contributed by atoms with Gasteiger partial charge in [-0.25, -0.2) is 9.37 Å². The predicted octanol–water partition coefficient (Wildman–Crippen LogP) is 4.63. The summed E-state index contributed by atoms with van der Waals surface area (Å²) < 4.78 is 58.4. The lowest BCUT2D eigenvalue weighted by Gasteiger charge is -2.14. The topological polar surface area (TPSA) is 68.0 Å². The minimum Gasteiger partial charge on any atom is -0.507 e. The van der Waals surface area contributed by atoms with Gasteiger partial charge in [-0.05, 0) is 41.7 Å². The van der Waals surface area contributed by atoms with Gasteiger partial charge in [-0.1, -0.05) is 30.3 Å². The van der Waals surface area contributed by atoms with Crippen molar-refractivity contribution < 1.29 is 22.7 Å². The SMILES string of the molecule is O=c1c2c(C(F)(F)F)nsc2nc(-c2ccccc2O)n1CCc1ccccc1F. The third kappa shape index (κ3) is 3.54. The van der Waals surface area contributed by atoms with Crippen molar-refractivity contribution >= 4 is 21.7 Å². The van der Waals surface area contributed by atoms with E-state index in [4.69, 9.17) is 0 Å². The zero-order valence-electron chi connectivity index (χ0n) is 15.2. The minimum absolute atomic E-state index is 0.0145. The Morgan fingerprint density at radius 3 is 2.47 bits per heavy atom. The standard InChI is InChI=1S/C20H13F4N3O2S/c21-13-7-3-1-5-11(13)9-10-27-17(12-6-2-4-8-14(12)28)25-18-15(19(27)29)16(26-30-18)20(22,23)24/h1-8,28H,9-10H2. The maximum atomic E-state index is 14.0. The van der Waals surface area contributed by atoms with Crippen LogP contribution in [0.5, 0.6) is 5.75 Å². The predicted molar refractivity (Wildman–Crippen MR) is 104 cm³/mol. The molecule has 0 saturated carbocycles. The average molecular weight is 435 g/mol. The normalized spacial score (nSPS) is 11.9. The van der Waals surface area contributed by atoms with E-state index in [2.05, 4.69) is 9.36 Å². The number of aromatic hydroxyl groups is 1. The molecule has 0 aliphatic carbocycles. The molecule has 0 amide bonds. The number of fused-ring (bicyclic) bond motifs is 1. The maximum absolute atomic E-state index is 14.0. The van der Waals surface area contributed by atoms with E-state index in [1.165, 1.54) is 30.3 Å². The van der Waals surface area contributed by atoms with Crippen molar-refractivity contribution in [2.75, 3.05) is 0 Å².